The molecular formula is C34H37F2N3O. The molecule has 5 rings (SSSR count). The molecule has 208 valence electrons. The van der Waals surface area contributed by atoms with Gasteiger partial charge in [0.25, 0.3) is 0 Å². The third kappa shape index (κ3) is 5.92. The monoisotopic (exact) mass is 541 g/mol. The van der Waals surface area contributed by atoms with Crippen LogP contribution in [0.1, 0.15) is 65.3 Å². The van der Waals surface area contributed by atoms with Crippen molar-refractivity contribution in [1.82, 2.24) is 15.0 Å². The third-order valence-electron chi connectivity index (χ3n) is 7.64. The van der Waals surface area contributed by atoms with Crippen molar-refractivity contribution >= 4 is 10.9 Å². The smallest absolute Gasteiger partial charge is 0.140 e. The molecule has 0 aliphatic heterocycles. The highest BCUT2D eigenvalue weighted by Crippen LogP contribution is 2.32. The van der Waals surface area contributed by atoms with Gasteiger partial charge in [0.1, 0.15) is 17.5 Å². The SMILES string of the molecule is C=CCCc1cccc(C(C)c2cnc(-c3cc(Cc4c(F)cc5[nH]ccc5c4C)c(CC)cc3F)[nH]2)c1.CO. The summed E-state index contributed by atoms with van der Waals surface area (Å²) in [7, 11) is 1.00. The number of rotatable bonds is 9. The molecule has 3 N–H and O–H groups in total. The lowest BCUT2D eigenvalue weighted by Gasteiger charge is -2.14. The second-order valence-electron chi connectivity index (χ2n) is 10.0. The number of fused-ring (bicyclic) bond motifs is 1. The molecule has 40 heavy (non-hydrogen) atoms. The van der Waals surface area contributed by atoms with Gasteiger partial charge in [0.05, 0.1) is 5.56 Å². The number of benzene rings is 3. The highest BCUT2D eigenvalue weighted by atomic mass is 19.1. The average Bonchev–Trinajstić information content (AvgIpc) is 3.66. The van der Waals surface area contributed by atoms with Gasteiger partial charge in [0.2, 0.25) is 0 Å². The number of aliphatic hydroxyl groups excluding tert-OH is 1. The van der Waals surface area contributed by atoms with Gasteiger partial charge >= 0.3 is 0 Å². The summed E-state index contributed by atoms with van der Waals surface area (Å²) < 4.78 is 30.4. The summed E-state index contributed by atoms with van der Waals surface area (Å²) in [6.45, 7) is 9.87. The van der Waals surface area contributed by atoms with Crippen molar-refractivity contribution in [2.45, 2.75) is 52.4 Å². The minimum atomic E-state index is -0.330. The summed E-state index contributed by atoms with van der Waals surface area (Å²) in [5, 5.41) is 8.00. The molecule has 6 heteroatoms. The second kappa shape index (κ2) is 12.9. The number of aromatic amines is 2. The number of aryl methyl sites for hydroxylation is 3. The quantitative estimate of drug-likeness (QED) is 0.165. The summed E-state index contributed by atoms with van der Waals surface area (Å²) in [5.74, 6) is -0.0322. The number of hydrogen-bond donors (Lipinski definition) is 3. The van der Waals surface area contributed by atoms with E-state index in [1.807, 2.05) is 38.3 Å². The third-order valence-corrected chi connectivity index (χ3v) is 7.64. The van der Waals surface area contributed by atoms with Crippen molar-refractivity contribution in [3.05, 3.63) is 124 Å². The van der Waals surface area contributed by atoms with Crippen molar-refractivity contribution < 1.29 is 13.9 Å². The molecule has 0 aliphatic carbocycles. The molecule has 0 bridgehead atoms. The number of nitrogens with zero attached hydrogens (tertiary/aromatic N) is 1. The van der Waals surface area contributed by atoms with Gasteiger partial charge in [-0.3, -0.25) is 0 Å². The first kappa shape index (κ1) is 29.0. The van der Waals surface area contributed by atoms with Crippen LogP contribution in [-0.2, 0) is 19.3 Å². The number of hydrogen-bond acceptors (Lipinski definition) is 2. The normalized spacial score (nSPS) is 11.8. The minimum Gasteiger partial charge on any atom is -0.400 e. The van der Waals surface area contributed by atoms with Crippen LogP contribution in [0.4, 0.5) is 8.78 Å². The molecule has 0 aliphatic rings. The summed E-state index contributed by atoms with van der Waals surface area (Å²) in [4.78, 5) is 11.0. The highest BCUT2D eigenvalue weighted by molar-refractivity contribution is 5.84. The van der Waals surface area contributed by atoms with Crippen LogP contribution in [0.2, 0.25) is 0 Å². The first-order chi connectivity index (χ1) is 19.4. The Kier molecular flexibility index (Phi) is 9.33. The molecule has 1 unspecified atom stereocenters. The van der Waals surface area contributed by atoms with E-state index in [1.165, 1.54) is 11.1 Å². The Morgan fingerprint density at radius 2 is 1.85 bits per heavy atom. The van der Waals surface area contributed by atoms with Crippen molar-refractivity contribution in [1.29, 1.82) is 0 Å². The first-order valence-electron chi connectivity index (χ1n) is 13.7. The molecule has 0 saturated heterocycles. The van der Waals surface area contributed by atoms with Crippen LogP contribution in [0.15, 0.2) is 73.6 Å². The Morgan fingerprint density at radius 1 is 1.05 bits per heavy atom. The van der Waals surface area contributed by atoms with Gasteiger partial charge in [-0.25, -0.2) is 13.8 Å². The molecule has 0 saturated carbocycles. The summed E-state index contributed by atoms with van der Waals surface area (Å²) in [6, 6.07) is 15.4. The lowest BCUT2D eigenvalue weighted by molar-refractivity contribution is 0.399. The minimum absolute atomic E-state index is 0.0715. The van der Waals surface area contributed by atoms with E-state index in [0.29, 0.717) is 29.8 Å². The first-order valence-corrected chi connectivity index (χ1v) is 13.7. The molecule has 0 spiro atoms. The summed E-state index contributed by atoms with van der Waals surface area (Å²) >= 11 is 0. The van der Waals surface area contributed by atoms with Gasteiger partial charge in [-0.15, -0.1) is 6.58 Å². The Morgan fingerprint density at radius 3 is 2.60 bits per heavy atom. The van der Waals surface area contributed by atoms with Gasteiger partial charge in [0.15, 0.2) is 0 Å². The second-order valence-corrected chi connectivity index (χ2v) is 10.0. The van der Waals surface area contributed by atoms with E-state index in [1.54, 1.807) is 18.3 Å². The number of nitrogens with one attached hydrogen (secondary N) is 2. The van der Waals surface area contributed by atoms with Crippen LogP contribution >= 0.6 is 0 Å². The maximum atomic E-state index is 15.3. The Balaban J connectivity index is 0.00000181. The van der Waals surface area contributed by atoms with Gasteiger partial charge in [-0.1, -0.05) is 44.2 Å². The number of halogens is 2. The van der Waals surface area contributed by atoms with Crippen LogP contribution in [0.25, 0.3) is 22.3 Å². The Labute approximate surface area is 234 Å². The topological polar surface area (TPSA) is 64.7 Å². The number of aromatic nitrogens is 3. The standard InChI is InChI=1S/C33H33F2N3.CH4O/c1-5-7-9-22-10-8-11-24(14-22)20(3)32-19-37-33(38-32)28-16-25(23(6-2)17-29(28)34)15-27-21(4)26-12-13-36-31(26)18-30(27)35;1-2/h5,8,10-14,16-20,36H,1,6-7,9,15H2,2-4H3,(H,37,38);2H,1H3. The van der Waals surface area contributed by atoms with Crippen LogP contribution in [0.3, 0.4) is 0 Å². The maximum Gasteiger partial charge on any atom is 0.140 e. The highest BCUT2D eigenvalue weighted by Gasteiger charge is 2.19. The maximum absolute atomic E-state index is 15.3. The van der Waals surface area contributed by atoms with E-state index >= 15 is 8.78 Å². The number of H-pyrrole nitrogens is 2. The molecule has 1 atom stereocenters. The van der Waals surface area contributed by atoms with E-state index in [2.05, 4.69) is 52.7 Å². The molecule has 0 amide bonds. The summed E-state index contributed by atoms with van der Waals surface area (Å²) in [5.41, 5.74) is 7.85. The zero-order chi connectivity index (χ0) is 28.8. The van der Waals surface area contributed by atoms with E-state index in [-0.39, 0.29) is 17.6 Å². The zero-order valence-electron chi connectivity index (χ0n) is 23.6. The number of allylic oxidation sites excluding steroid dienone is 1. The van der Waals surface area contributed by atoms with E-state index in [0.717, 1.165) is 53.2 Å². The molecule has 0 fully saturated rings. The van der Waals surface area contributed by atoms with E-state index < -0.39 is 0 Å². The Hall–Kier alpha value is -4.03. The van der Waals surface area contributed by atoms with Gasteiger partial charge in [0, 0.05) is 48.4 Å². The fourth-order valence-corrected chi connectivity index (χ4v) is 5.28. The average molecular weight is 542 g/mol. The lowest BCUT2D eigenvalue weighted by atomic mass is 9.92. The van der Waals surface area contributed by atoms with E-state index in [9.17, 15) is 0 Å². The van der Waals surface area contributed by atoms with Crippen LogP contribution < -0.4 is 0 Å². The predicted octanol–water partition coefficient (Wildman–Crippen LogP) is 8.18. The van der Waals surface area contributed by atoms with Gasteiger partial charge in [-0.2, -0.15) is 0 Å². The molecule has 0 radical (unpaired) electrons. The lowest BCUT2D eigenvalue weighted by Crippen LogP contribution is -2.03. The Bertz CT molecular complexity index is 1620. The largest absolute Gasteiger partial charge is 0.400 e. The van der Waals surface area contributed by atoms with E-state index in [4.69, 9.17) is 5.11 Å². The van der Waals surface area contributed by atoms with Crippen molar-refractivity contribution in [3.63, 3.8) is 0 Å². The summed E-state index contributed by atoms with van der Waals surface area (Å²) in [6.07, 6.45) is 8.46. The molecule has 5 aromatic rings. The number of aliphatic hydroxyl groups is 1. The molecule has 2 heterocycles. The molecule has 3 aromatic carbocycles. The van der Waals surface area contributed by atoms with Crippen molar-refractivity contribution in [3.8, 4) is 11.4 Å². The van der Waals surface area contributed by atoms with Gasteiger partial charge < -0.3 is 15.1 Å². The molecule has 2 aromatic heterocycles. The fourth-order valence-electron chi connectivity index (χ4n) is 5.28. The number of imidazole rings is 1. The predicted molar refractivity (Wildman–Crippen MR) is 160 cm³/mol. The fraction of sp³-hybridized carbons (Fsp3) is 0.265. The molecule has 4 nitrogen and oxygen atoms in total. The van der Waals surface area contributed by atoms with Crippen LogP contribution in [-0.4, -0.2) is 27.2 Å². The zero-order valence-corrected chi connectivity index (χ0v) is 23.6. The van der Waals surface area contributed by atoms with Crippen LogP contribution in [0.5, 0.6) is 0 Å². The molecular weight excluding hydrogens is 504 g/mol. The van der Waals surface area contributed by atoms with Gasteiger partial charge in [-0.05, 0) is 83.8 Å². The van der Waals surface area contributed by atoms with Crippen LogP contribution in [0, 0.1) is 18.6 Å². The van der Waals surface area contributed by atoms with Crippen molar-refractivity contribution in [2.75, 3.05) is 7.11 Å². The van der Waals surface area contributed by atoms with Crippen molar-refractivity contribution in [2.24, 2.45) is 0 Å².